The number of benzene rings is 1. The molecule has 0 N–H and O–H groups in total. The summed E-state index contributed by atoms with van der Waals surface area (Å²) in [6.45, 7) is 4.73. The molecule has 134 valence electrons. The normalized spacial score (nSPS) is 22.5. The van der Waals surface area contributed by atoms with Gasteiger partial charge in [0.2, 0.25) is 0 Å². The lowest BCUT2D eigenvalue weighted by atomic mass is 10.0. The summed E-state index contributed by atoms with van der Waals surface area (Å²) in [6.07, 6.45) is 3.72. The lowest BCUT2D eigenvalue weighted by Crippen LogP contribution is -2.41. The number of esters is 2. The molecule has 6 heteroatoms. The van der Waals surface area contributed by atoms with E-state index in [-0.39, 0.29) is 11.7 Å². The Morgan fingerprint density at radius 2 is 1.92 bits per heavy atom. The van der Waals surface area contributed by atoms with Crippen LogP contribution >= 0.6 is 0 Å². The molecule has 1 unspecified atom stereocenters. The first-order chi connectivity index (χ1) is 11.9. The van der Waals surface area contributed by atoms with E-state index >= 15 is 0 Å². The number of hydrogen-bond acceptors (Lipinski definition) is 6. The van der Waals surface area contributed by atoms with Crippen LogP contribution in [-0.2, 0) is 35.1 Å². The van der Waals surface area contributed by atoms with Gasteiger partial charge in [-0.25, -0.2) is 9.59 Å². The average molecular weight is 346 g/mol. The van der Waals surface area contributed by atoms with Gasteiger partial charge in [0, 0.05) is 20.5 Å². The number of cyclic esters (lactones) is 2. The maximum atomic E-state index is 12.1. The molecule has 0 aromatic heterocycles. The third kappa shape index (κ3) is 4.46. The molecule has 0 spiro atoms. The highest BCUT2D eigenvalue weighted by Gasteiger charge is 2.38. The van der Waals surface area contributed by atoms with E-state index in [1.165, 1.54) is 19.9 Å². The second-order valence-corrected chi connectivity index (χ2v) is 6.59. The highest BCUT2D eigenvalue weighted by Crippen LogP contribution is 2.25. The lowest BCUT2D eigenvalue weighted by Gasteiger charge is -2.29. The van der Waals surface area contributed by atoms with E-state index in [2.05, 4.69) is 0 Å². The summed E-state index contributed by atoms with van der Waals surface area (Å²) in [6, 6.07) is 7.43. The van der Waals surface area contributed by atoms with Crippen molar-refractivity contribution < 1.29 is 28.5 Å². The van der Waals surface area contributed by atoms with Crippen LogP contribution in [0.4, 0.5) is 0 Å². The molecule has 2 heterocycles. The average Bonchev–Trinajstić information content (AvgIpc) is 3.04. The van der Waals surface area contributed by atoms with Crippen LogP contribution in [-0.4, -0.2) is 37.0 Å². The summed E-state index contributed by atoms with van der Waals surface area (Å²) in [5.41, 5.74) is 1.47. The van der Waals surface area contributed by atoms with Gasteiger partial charge in [-0.3, -0.25) is 0 Å². The van der Waals surface area contributed by atoms with Gasteiger partial charge >= 0.3 is 11.9 Å². The molecule has 0 amide bonds. The zero-order valence-corrected chi connectivity index (χ0v) is 14.4. The maximum Gasteiger partial charge on any atom is 0.348 e. The molecule has 6 nitrogen and oxygen atoms in total. The van der Waals surface area contributed by atoms with E-state index in [4.69, 9.17) is 18.9 Å². The smallest absolute Gasteiger partial charge is 0.348 e. The highest BCUT2D eigenvalue weighted by molar-refractivity contribution is 6.18. The summed E-state index contributed by atoms with van der Waals surface area (Å²) in [5.74, 6) is -2.61. The van der Waals surface area contributed by atoms with Gasteiger partial charge < -0.3 is 18.9 Å². The topological polar surface area (TPSA) is 71.1 Å². The maximum absolute atomic E-state index is 12.1. The Bertz CT molecular complexity index is 663. The fourth-order valence-electron chi connectivity index (χ4n) is 2.82. The molecule has 3 rings (SSSR count). The molecule has 1 atom stereocenters. The van der Waals surface area contributed by atoms with E-state index in [9.17, 15) is 9.59 Å². The zero-order chi connectivity index (χ0) is 17.9. The quantitative estimate of drug-likeness (QED) is 0.464. The van der Waals surface area contributed by atoms with E-state index in [1.54, 1.807) is 0 Å². The fourth-order valence-corrected chi connectivity index (χ4v) is 2.82. The molecule has 0 radical (unpaired) electrons. The van der Waals surface area contributed by atoms with E-state index in [1.807, 2.05) is 24.3 Å². The van der Waals surface area contributed by atoms with Gasteiger partial charge in [0.25, 0.3) is 5.79 Å². The number of ether oxygens (including phenoxy) is 4. The summed E-state index contributed by atoms with van der Waals surface area (Å²) < 4.78 is 21.5. The predicted octanol–water partition coefficient (Wildman–Crippen LogP) is 2.60. The molecule has 2 fully saturated rings. The molecule has 2 aliphatic rings. The largest absolute Gasteiger partial charge is 0.419 e. The molecule has 25 heavy (non-hydrogen) atoms. The predicted molar refractivity (Wildman–Crippen MR) is 89.3 cm³/mol. The van der Waals surface area contributed by atoms with Crippen LogP contribution in [0.3, 0.4) is 0 Å². The summed E-state index contributed by atoms with van der Waals surface area (Å²) in [7, 11) is 0. The molecule has 2 aliphatic heterocycles. The van der Waals surface area contributed by atoms with Gasteiger partial charge in [-0.05, 0) is 30.0 Å². The molecule has 0 bridgehead atoms. The number of carbonyl (C=O) groups is 2. The Morgan fingerprint density at radius 3 is 2.60 bits per heavy atom. The molecule has 0 saturated carbocycles. The zero-order valence-electron chi connectivity index (χ0n) is 14.4. The van der Waals surface area contributed by atoms with E-state index in [0.717, 1.165) is 30.6 Å². The lowest BCUT2D eigenvalue weighted by molar-refractivity contribution is -0.222. The first kappa shape index (κ1) is 17.6. The second-order valence-electron chi connectivity index (χ2n) is 6.59. The van der Waals surface area contributed by atoms with Gasteiger partial charge in [-0.1, -0.05) is 24.3 Å². The van der Waals surface area contributed by atoms with Gasteiger partial charge in [0.1, 0.15) is 5.57 Å². The van der Waals surface area contributed by atoms with Crippen LogP contribution in [0.5, 0.6) is 0 Å². The summed E-state index contributed by atoms with van der Waals surface area (Å²) >= 11 is 0. The minimum atomic E-state index is -1.24. The van der Waals surface area contributed by atoms with Gasteiger partial charge in [-0.2, -0.15) is 0 Å². The monoisotopic (exact) mass is 346 g/mol. The standard InChI is InChI=1S/C19H22O6/c1-19(2)24-17(20)16(18(21)25-19)10-13-6-3-4-7-14(13)11-22-12-15-8-5-9-23-15/h3-4,6-7,10,15H,5,8-9,11-12H2,1-2H3. The first-order valence-corrected chi connectivity index (χ1v) is 8.40. The van der Waals surface area contributed by atoms with E-state index < -0.39 is 17.7 Å². The Hall–Kier alpha value is -2.18. The van der Waals surface area contributed by atoms with Crippen LogP contribution in [0.15, 0.2) is 29.8 Å². The van der Waals surface area contributed by atoms with Gasteiger partial charge in [0.15, 0.2) is 0 Å². The van der Waals surface area contributed by atoms with Crippen LogP contribution in [0, 0.1) is 0 Å². The molecule has 1 aromatic rings. The Kier molecular flexibility index (Phi) is 5.20. The Labute approximate surface area is 146 Å². The van der Waals surface area contributed by atoms with Crippen LogP contribution in [0.1, 0.15) is 37.8 Å². The number of hydrogen-bond donors (Lipinski definition) is 0. The highest BCUT2D eigenvalue weighted by atomic mass is 16.7. The minimum absolute atomic E-state index is 0.120. The molecule has 2 saturated heterocycles. The molecule has 1 aromatic carbocycles. The Balaban J connectivity index is 1.71. The molecular formula is C19H22O6. The van der Waals surface area contributed by atoms with Crippen LogP contribution in [0.25, 0.3) is 6.08 Å². The third-order valence-electron chi connectivity index (χ3n) is 4.06. The van der Waals surface area contributed by atoms with E-state index in [0.29, 0.717) is 13.2 Å². The van der Waals surface area contributed by atoms with Crippen LogP contribution < -0.4 is 0 Å². The van der Waals surface area contributed by atoms with Gasteiger partial charge in [0.05, 0.1) is 19.3 Å². The first-order valence-electron chi connectivity index (χ1n) is 8.40. The number of carbonyl (C=O) groups excluding carboxylic acids is 2. The van der Waals surface area contributed by atoms with Crippen molar-refractivity contribution in [1.29, 1.82) is 0 Å². The minimum Gasteiger partial charge on any atom is -0.419 e. The third-order valence-corrected chi connectivity index (χ3v) is 4.06. The second kappa shape index (κ2) is 7.37. The van der Waals surface area contributed by atoms with Crippen molar-refractivity contribution >= 4 is 18.0 Å². The van der Waals surface area contributed by atoms with Crippen LogP contribution in [0.2, 0.25) is 0 Å². The van der Waals surface area contributed by atoms with Gasteiger partial charge in [-0.15, -0.1) is 0 Å². The number of rotatable bonds is 5. The van der Waals surface area contributed by atoms with Crippen molar-refractivity contribution in [3.05, 3.63) is 41.0 Å². The van der Waals surface area contributed by atoms with Crippen molar-refractivity contribution in [3.8, 4) is 0 Å². The summed E-state index contributed by atoms with van der Waals surface area (Å²) in [5, 5.41) is 0. The van der Waals surface area contributed by atoms with Crippen molar-refractivity contribution in [1.82, 2.24) is 0 Å². The Morgan fingerprint density at radius 1 is 1.20 bits per heavy atom. The fraction of sp³-hybridized carbons (Fsp3) is 0.474. The summed E-state index contributed by atoms with van der Waals surface area (Å²) in [4.78, 5) is 24.2. The van der Waals surface area contributed by atoms with Crippen molar-refractivity contribution in [3.63, 3.8) is 0 Å². The molecule has 0 aliphatic carbocycles. The van der Waals surface area contributed by atoms with Crippen molar-refractivity contribution in [2.24, 2.45) is 0 Å². The van der Waals surface area contributed by atoms with Crippen molar-refractivity contribution in [2.75, 3.05) is 13.2 Å². The molecular weight excluding hydrogens is 324 g/mol. The van der Waals surface area contributed by atoms with Crippen molar-refractivity contribution in [2.45, 2.75) is 45.2 Å². The SMILES string of the molecule is CC1(C)OC(=O)C(=Cc2ccccc2COCC2CCCO2)C(=O)O1.